The van der Waals surface area contributed by atoms with Crippen LogP contribution in [-0.4, -0.2) is 6.54 Å². The van der Waals surface area contributed by atoms with E-state index in [0.29, 0.717) is 22.7 Å². The Kier molecular flexibility index (Phi) is 4.73. The first-order valence-corrected chi connectivity index (χ1v) is 6.86. The van der Waals surface area contributed by atoms with Gasteiger partial charge in [-0.15, -0.1) is 0 Å². The van der Waals surface area contributed by atoms with Crippen molar-refractivity contribution in [3.05, 3.63) is 58.1 Å². The second kappa shape index (κ2) is 6.33. The zero-order chi connectivity index (χ0) is 14.7. The van der Waals surface area contributed by atoms with E-state index < -0.39 is 11.6 Å². The first-order chi connectivity index (χ1) is 9.54. The van der Waals surface area contributed by atoms with Crippen molar-refractivity contribution in [1.29, 1.82) is 0 Å². The zero-order valence-electron chi connectivity index (χ0n) is 11.4. The summed E-state index contributed by atoms with van der Waals surface area (Å²) in [6.07, 6.45) is 0. The van der Waals surface area contributed by atoms with E-state index in [-0.39, 0.29) is 5.56 Å². The van der Waals surface area contributed by atoms with Crippen LogP contribution in [0.15, 0.2) is 30.3 Å². The van der Waals surface area contributed by atoms with E-state index >= 15 is 0 Å². The smallest absolute Gasteiger partial charge is 0.136 e. The number of rotatable bonds is 4. The molecule has 1 N–H and O–H groups in total. The number of hydrogen-bond acceptors (Lipinski definition) is 1. The van der Waals surface area contributed by atoms with E-state index in [4.69, 9.17) is 11.6 Å². The third-order valence-corrected chi connectivity index (χ3v) is 3.48. The molecule has 20 heavy (non-hydrogen) atoms. The molecule has 2 aromatic carbocycles. The maximum atomic E-state index is 14.1. The van der Waals surface area contributed by atoms with Crippen LogP contribution in [0.25, 0.3) is 11.1 Å². The molecule has 0 aliphatic heterocycles. The van der Waals surface area contributed by atoms with Gasteiger partial charge in [-0.25, -0.2) is 8.78 Å². The highest BCUT2D eigenvalue weighted by Gasteiger charge is 2.16. The predicted octanol–water partition coefficient (Wildman–Crippen LogP) is 4.70. The van der Waals surface area contributed by atoms with E-state index in [1.165, 1.54) is 12.1 Å². The van der Waals surface area contributed by atoms with Crippen molar-refractivity contribution in [1.82, 2.24) is 5.32 Å². The Balaban J connectivity index is 2.46. The molecule has 4 heteroatoms. The molecule has 0 heterocycles. The highest BCUT2D eigenvalue weighted by atomic mass is 35.5. The summed E-state index contributed by atoms with van der Waals surface area (Å²) in [5, 5.41) is 3.53. The van der Waals surface area contributed by atoms with Gasteiger partial charge >= 0.3 is 0 Å². The molecule has 0 unspecified atom stereocenters. The second-order valence-electron chi connectivity index (χ2n) is 4.65. The summed E-state index contributed by atoms with van der Waals surface area (Å²) in [6.45, 7) is 5.13. The maximum Gasteiger partial charge on any atom is 0.136 e. The van der Waals surface area contributed by atoms with Gasteiger partial charge in [-0.3, -0.25) is 0 Å². The van der Waals surface area contributed by atoms with Crippen LogP contribution >= 0.6 is 11.6 Å². The molecular weight excluding hydrogens is 280 g/mol. The first kappa shape index (κ1) is 14.9. The summed E-state index contributed by atoms with van der Waals surface area (Å²) in [4.78, 5) is 0. The van der Waals surface area contributed by atoms with Crippen molar-refractivity contribution < 1.29 is 8.78 Å². The van der Waals surface area contributed by atoms with Crippen molar-refractivity contribution in [3.63, 3.8) is 0 Å². The fraction of sp³-hybridized carbons (Fsp3) is 0.250. The van der Waals surface area contributed by atoms with E-state index in [2.05, 4.69) is 5.32 Å². The van der Waals surface area contributed by atoms with Gasteiger partial charge in [-0.05, 0) is 36.7 Å². The highest BCUT2D eigenvalue weighted by Crippen LogP contribution is 2.33. The van der Waals surface area contributed by atoms with Gasteiger partial charge in [0.1, 0.15) is 11.6 Å². The summed E-state index contributed by atoms with van der Waals surface area (Å²) in [7, 11) is 0. The Hall–Kier alpha value is -1.45. The largest absolute Gasteiger partial charge is 0.313 e. The molecule has 0 atom stereocenters. The lowest BCUT2D eigenvalue weighted by Gasteiger charge is -2.11. The fourth-order valence-electron chi connectivity index (χ4n) is 2.04. The van der Waals surface area contributed by atoms with Crippen molar-refractivity contribution in [2.24, 2.45) is 0 Å². The van der Waals surface area contributed by atoms with E-state index in [1.54, 1.807) is 19.1 Å². The molecule has 2 rings (SSSR count). The monoisotopic (exact) mass is 295 g/mol. The SMILES string of the molecule is CCNCc1ccc(-c2c(F)ccc(C)c2F)c(Cl)c1. The highest BCUT2D eigenvalue weighted by molar-refractivity contribution is 6.33. The van der Waals surface area contributed by atoms with Crippen LogP contribution < -0.4 is 5.32 Å². The number of aryl methyl sites for hydroxylation is 1. The van der Waals surface area contributed by atoms with Crippen LogP contribution in [-0.2, 0) is 6.54 Å². The average Bonchev–Trinajstić information content (AvgIpc) is 2.43. The molecule has 1 nitrogen and oxygen atoms in total. The molecule has 0 saturated heterocycles. The normalized spacial score (nSPS) is 10.8. The molecule has 0 radical (unpaired) electrons. The lowest BCUT2D eigenvalue weighted by atomic mass is 10.0. The summed E-state index contributed by atoms with van der Waals surface area (Å²) < 4.78 is 28.0. The minimum atomic E-state index is -0.602. The van der Waals surface area contributed by atoms with Gasteiger partial charge in [0.05, 0.1) is 5.56 Å². The topological polar surface area (TPSA) is 12.0 Å². The average molecular weight is 296 g/mol. The van der Waals surface area contributed by atoms with Crippen LogP contribution in [0.4, 0.5) is 8.78 Å². The Bertz CT molecular complexity index is 626. The number of benzene rings is 2. The molecule has 0 bridgehead atoms. The summed E-state index contributed by atoms with van der Waals surface area (Å²) >= 11 is 6.18. The van der Waals surface area contributed by atoms with Gasteiger partial charge in [-0.2, -0.15) is 0 Å². The molecule has 0 amide bonds. The minimum Gasteiger partial charge on any atom is -0.313 e. The van der Waals surface area contributed by atoms with E-state index in [9.17, 15) is 8.78 Å². The first-order valence-electron chi connectivity index (χ1n) is 6.48. The molecule has 0 aliphatic carbocycles. The number of nitrogens with one attached hydrogen (secondary N) is 1. The Labute approximate surface area is 122 Å². The van der Waals surface area contributed by atoms with Gasteiger partial charge in [0.25, 0.3) is 0 Å². The van der Waals surface area contributed by atoms with Crippen LogP contribution in [0, 0.1) is 18.6 Å². The van der Waals surface area contributed by atoms with Crippen molar-refractivity contribution in [3.8, 4) is 11.1 Å². The fourth-order valence-corrected chi connectivity index (χ4v) is 2.34. The third kappa shape index (κ3) is 3.00. The summed E-state index contributed by atoms with van der Waals surface area (Å²) in [6, 6.07) is 7.90. The quantitative estimate of drug-likeness (QED) is 0.862. The predicted molar refractivity (Wildman–Crippen MR) is 78.9 cm³/mol. The van der Waals surface area contributed by atoms with E-state index in [1.807, 2.05) is 13.0 Å². The summed E-state index contributed by atoms with van der Waals surface area (Å²) in [5.41, 5.74) is 1.69. The molecule has 2 aromatic rings. The van der Waals surface area contributed by atoms with Crippen molar-refractivity contribution in [2.75, 3.05) is 6.54 Å². The standard InChI is InChI=1S/C16H16ClF2N/c1-3-20-9-11-5-6-12(13(17)8-11)15-14(18)7-4-10(2)16(15)19/h4-8,20H,3,9H2,1-2H3. The molecule has 0 fully saturated rings. The van der Waals surface area contributed by atoms with Crippen LogP contribution in [0.2, 0.25) is 5.02 Å². The van der Waals surface area contributed by atoms with Crippen molar-refractivity contribution in [2.45, 2.75) is 20.4 Å². The zero-order valence-corrected chi connectivity index (χ0v) is 12.2. The van der Waals surface area contributed by atoms with E-state index in [0.717, 1.165) is 12.1 Å². The van der Waals surface area contributed by atoms with Gasteiger partial charge in [0.15, 0.2) is 0 Å². The summed E-state index contributed by atoms with van der Waals surface area (Å²) in [5.74, 6) is -1.17. The van der Waals surface area contributed by atoms with Crippen LogP contribution in [0.5, 0.6) is 0 Å². The van der Waals surface area contributed by atoms with Gasteiger partial charge in [-0.1, -0.05) is 36.7 Å². The minimum absolute atomic E-state index is 0.0648. The van der Waals surface area contributed by atoms with Crippen LogP contribution in [0.1, 0.15) is 18.1 Å². The molecule has 0 aliphatic rings. The number of hydrogen-bond donors (Lipinski definition) is 1. The maximum absolute atomic E-state index is 14.1. The van der Waals surface area contributed by atoms with Crippen molar-refractivity contribution >= 4 is 11.6 Å². The molecule has 0 saturated carbocycles. The van der Waals surface area contributed by atoms with Gasteiger partial charge in [0, 0.05) is 17.1 Å². The lowest BCUT2D eigenvalue weighted by molar-refractivity contribution is 0.584. The Morgan fingerprint density at radius 2 is 1.90 bits per heavy atom. The lowest BCUT2D eigenvalue weighted by Crippen LogP contribution is -2.11. The van der Waals surface area contributed by atoms with Crippen LogP contribution in [0.3, 0.4) is 0 Å². The molecule has 0 spiro atoms. The Morgan fingerprint density at radius 3 is 2.55 bits per heavy atom. The number of halogens is 3. The van der Waals surface area contributed by atoms with Gasteiger partial charge < -0.3 is 5.32 Å². The molecule has 0 aromatic heterocycles. The second-order valence-corrected chi connectivity index (χ2v) is 5.05. The van der Waals surface area contributed by atoms with Gasteiger partial charge in [0.2, 0.25) is 0 Å². The third-order valence-electron chi connectivity index (χ3n) is 3.17. The molecular formula is C16H16ClF2N. The molecule has 106 valence electrons. The Morgan fingerprint density at radius 1 is 1.15 bits per heavy atom.